The predicted octanol–water partition coefficient (Wildman–Crippen LogP) is 0.527. The topological polar surface area (TPSA) is 96.3 Å². The predicted molar refractivity (Wildman–Crippen MR) is 77.8 cm³/mol. The zero-order chi connectivity index (χ0) is 15.5. The number of hydrogen-bond donors (Lipinski definition) is 0. The van der Waals surface area contributed by atoms with Gasteiger partial charge in [-0.05, 0) is 39.4 Å². The van der Waals surface area contributed by atoms with E-state index in [1.165, 1.54) is 4.68 Å². The third-order valence-electron chi connectivity index (χ3n) is 3.05. The Balaban J connectivity index is 1.93. The molecular weight excluding hydrogens is 308 g/mol. The van der Waals surface area contributed by atoms with Crippen LogP contribution in [0.1, 0.15) is 19.2 Å². The summed E-state index contributed by atoms with van der Waals surface area (Å²) in [7, 11) is 0. The van der Waals surface area contributed by atoms with Gasteiger partial charge in [0, 0.05) is 6.54 Å². The van der Waals surface area contributed by atoms with Crippen LogP contribution in [-0.2, 0) is 13.1 Å². The lowest BCUT2D eigenvalue weighted by molar-refractivity contribution is 0.521. The molecule has 2 heterocycles. The molecule has 0 aliphatic carbocycles. The minimum Gasteiger partial charge on any atom is -0.244 e. The Kier molecular flexibility index (Phi) is 3.96. The molecule has 0 atom stereocenters. The van der Waals surface area contributed by atoms with Gasteiger partial charge < -0.3 is 0 Å². The first-order valence-electron chi connectivity index (χ1n) is 6.73. The zero-order valence-corrected chi connectivity index (χ0v) is 12.6. The van der Waals surface area contributed by atoms with Gasteiger partial charge >= 0.3 is 5.69 Å². The highest BCUT2D eigenvalue weighted by Crippen LogP contribution is 2.16. The molecule has 0 aliphatic rings. The van der Waals surface area contributed by atoms with Crippen molar-refractivity contribution in [2.45, 2.75) is 26.4 Å². The van der Waals surface area contributed by atoms with E-state index in [0.29, 0.717) is 23.1 Å². The first-order chi connectivity index (χ1) is 10.7. The summed E-state index contributed by atoms with van der Waals surface area (Å²) < 4.78 is 3.98. The van der Waals surface area contributed by atoms with Crippen LogP contribution in [0.2, 0.25) is 5.02 Å². The highest BCUT2D eigenvalue weighted by Gasteiger charge is 2.14. The molecule has 22 heavy (non-hydrogen) atoms. The van der Waals surface area contributed by atoms with Crippen molar-refractivity contribution in [1.29, 1.82) is 0 Å². The van der Waals surface area contributed by atoms with Crippen LogP contribution in [0.5, 0.6) is 0 Å². The fourth-order valence-corrected chi connectivity index (χ4v) is 2.22. The summed E-state index contributed by atoms with van der Waals surface area (Å²) in [5.41, 5.74) is 0.0766. The molecule has 0 N–H and O–H groups in total. The van der Waals surface area contributed by atoms with Gasteiger partial charge in [0.2, 0.25) is 0 Å². The molecule has 114 valence electrons. The van der Waals surface area contributed by atoms with Gasteiger partial charge in [-0.2, -0.15) is 9.36 Å². The Morgan fingerprint density at radius 2 is 1.95 bits per heavy atom. The summed E-state index contributed by atoms with van der Waals surface area (Å²) in [6.45, 7) is 2.84. The molecule has 1 aromatic carbocycles. The SMILES string of the molecule is CCCn1nnnc1Cn1nnn(-c2ccccc2Cl)c1=O. The van der Waals surface area contributed by atoms with Crippen LogP contribution < -0.4 is 5.69 Å². The van der Waals surface area contributed by atoms with E-state index in [9.17, 15) is 4.79 Å². The Hall–Kier alpha value is -2.55. The van der Waals surface area contributed by atoms with E-state index in [-0.39, 0.29) is 6.54 Å². The second-order valence-electron chi connectivity index (χ2n) is 4.60. The van der Waals surface area contributed by atoms with Crippen LogP contribution in [0, 0.1) is 0 Å². The lowest BCUT2D eigenvalue weighted by Gasteiger charge is -2.02. The van der Waals surface area contributed by atoms with Gasteiger partial charge in [-0.3, -0.25) is 0 Å². The largest absolute Gasteiger partial charge is 0.368 e. The molecule has 0 fully saturated rings. The molecule has 3 aromatic rings. The Bertz CT molecular complexity index is 836. The van der Waals surface area contributed by atoms with Gasteiger partial charge in [-0.15, -0.1) is 5.10 Å². The number of nitrogens with zero attached hydrogens (tertiary/aromatic N) is 8. The molecule has 0 aliphatic heterocycles. The van der Waals surface area contributed by atoms with Crippen LogP contribution in [0.15, 0.2) is 29.1 Å². The van der Waals surface area contributed by atoms with Gasteiger partial charge in [-0.25, -0.2) is 9.48 Å². The van der Waals surface area contributed by atoms with E-state index in [0.717, 1.165) is 11.1 Å². The van der Waals surface area contributed by atoms with Crippen LogP contribution in [0.4, 0.5) is 0 Å². The molecule has 0 bridgehead atoms. The Labute approximate surface area is 130 Å². The van der Waals surface area contributed by atoms with E-state index in [4.69, 9.17) is 11.6 Å². The average molecular weight is 321 g/mol. The van der Waals surface area contributed by atoms with Gasteiger partial charge in [0.15, 0.2) is 5.82 Å². The maximum atomic E-state index is 12.4. The summed E-state index contributed by atoms with van der Waals surface area (Å²) in [5.74, 6) is 0.551. The first kappa shape index (κ1) is 14.4. The van der Waals surface area contributed by atoms with Crippen LogP contribution >= 0.6 is 11.6 Å². The Morgan fingerprint density at radius 1 is 1.14 bits per heavy atom. The number of aromatic nitrogens is 8. The number of halogens is 1. The lowest BCUT2D eigenvalue weighted by atomic mass is 10.3. The second-order valence-corrected chi connectivity index (χ2v) is 5.01. The second kappa shape index (κ2) is 6.06. The summed E-state index contributed by atoms with van der Waals surface area (Å²) in [6.07, 6.45) is 0.888. The number of aryl methyl sites for hydroxylation is 1. The van der Waals surface area contributed by atoms with Crippen LogP contribution in [0.3, 0.4) is 0 Å². The Morgan fingerprint density at radius 3 is 2.73 bits per heavy atom. The molecule has 0 saturated heterocycles. The van der Waals surface area contributed by atoms with Crippen molar-refractivity contribution in [3.05, 3.63) is 45.6 Å². The number of hydrogen-bond acceptors (Lipinski definition) is 6. The number of rotatable bonds is 5. The minimum atomic E-state index is -0.404. The molecule has 0 amide bonds. The van der Waals surface area contributed by atoms with Crippen molar-refractivity contribution in [1.82, 2.24) is 40.0 Å². The standard InChI is InChI=1S/C12H13ClN8O/c1-2-7-19-11(14-15-16-19)8-20-12(22)21(18-17-20)10-6-4-3-5-9(10)13/h3-6H,2,7-8H2,1H3. The summed E-state index contributed by atoms with van der Waals surface area (Å²) in [5, 5.41) is 19.5. The van der Waals surface area contributed by atoms with Crippen LogP contribution in [-0.4, -0.2) is 40.0 Å². The molecule has 0 saturated carbocycles. The normalized spacial score (nSPS) is 11.0. The number of benzene rings is 1. The molecule has 3 rings (SSSR count). The van der Waals surface area contributed by atoms with Crippen molar-refractivity contribution < 1.29 is 0 Å². The smallest absolute Gasteiger partial charge is 0.244 e. The van der Waals surface area contributed by atoms with Crippen molar-refractivity contribution in [3.8, 4) is 5.69 Å². The fraction of sp³-hybridized carbons (Fsp3) is 0.333. The molecule has 9 nitrogen and oxygen atoms in total. The fourth-order valence-electron chi connectivity index (χ4n) is 2.00. The van der Waals surface area contributed by atoms with E-state index in [1.807, 2.05) is 6.92 Å². The maximum Gasteiger partial charge on any atom is 0.368 e. The zero-order valence-electron chi connectivity index (χ0n) is 11.8. The molecule has 0 unspecified atom stereocenters. The van der Waals surface area contributed by atoms with E-state index in [1.54, 1.807) is 28.9 Å². The van der Waals surface area contributed by atoms with Gasteiger partial charge in [0.1, 0.15) is 6.54 Å². The summed E-state index contributed by atoms with van der Waals surface area (Å²) in [4.78, 5) is 12.4. The van der Waals surface area contributed by atoms with Gasteiger partial charge in [-0.1, -0.05) is 30.7 Å². The van der Waals surface area contributed by atoms with Crippen molar-refractivity contribution in [2.24, 2.45) is 0 Å². The van der Waals surface area contributed by atoms with Crippen molar-refractivity contribution >= 4 is 11.6 Å². The highest BCUT2D eigenvalue weighted by atomic mass is 35.5. The maximum absolute atomic E-state index is 12.4. The monoisotopic (exact) mass is 320 g/mol. The van der Waals surface area contributed by atoms with Gasteiger partial charge in [0.25, 0.3) is 0 Å². The number of tetrazole rings is 2. The molecule has 0 radical (unpaired) electrons. The third-order valence-corrected chi connectivity index (χ3v) is 3.37. The van der Waals surface area contributed by atoms with Crippen molar-refractivity contribution in [3.63, 3.8) is 0 Å². The third kappa shape index (κ3) is 2.62. The first-order valence-corrected chi connectivity index (χ1v) is 7.11. The number of para-hydroxylation sites is 1. The highest BCUT2D eigenvalue weighted by molar-refractivity contribution is 6.32. The lowest BCUT2D eigenvalue weighted by Crippen LogP contribution is -2.26. The van der Waals surface area contributed by atoms with E-state index < -0.39 is 5.69 Å². The molecule has 10 heteroatoms. The van der Waals surface area contributed by atoms with E-state index in [2.05, 4.69) is 26.0 Å². The summed E-state index contributed by atoms with van der Waals surface area (Å²) in [6, 6.07) is 6.93. The van der Waals surface area contributed by atoms with Crippen molar-refractivity contribution in [2.75, 3.05) is 0 Å². The van der Waals surface area contributed by atoms with Crippen LogP contribution in [0.25, 0.3) is 5.69 Å². The van der Waals surface area contributed by atoms with E-state index >= 15 is 0 Å². The minimum absolute atomic E-state index is 0.149. The molecule has 2 aromatic heterocycles. The quantitative estimate of drug-likeness (QED) is 0.680. The average Bonchev–Trinajstić information content (AvgIpc) is 3.09. The molecule has 0 spiro atoms. The van der Waals surface area contributed by atoms with Gasteiger partial charge in [0.05, 0.1) is 10.7 Å². The molecular formula is C12H13ClN8O. The summed E-state index contributed by atoms with van der Waals surface area (Å²) >= 11 is 6.08.